The average molecular weight is 348 g/mol. The molecule has 0 aliphatic heterocycles. The van der Waals surface area contributed by atoms with Crippen molar-refractivity contribution in [3.05, 3.63) is 23.8 Å². The molecule has 3 aliphatic rings. The van der Waals surface area contributed by atoms with Gasteiger partial charge in [0.15, 0.2) is 0 Å². The number of allylic oxidation sites excluding steroid dienone is 2. The minimum Gasteiger partial charge on any atom is -0.481 e. The molecule has 0 radical (unpaired) electrons. The number of hydrogen-bond acceptors (Lipinski definition) is 3. The number of aliphatic carboxylic acids is 1. The van der Waals surface area contributed by atoms with Crippen molar-refractivity contribution in [3.63, 3.8) is 0 Å². The Morgan fingerprint density at radius 1 is 1.28 bits per heavy atom. The Morgan fingerprint density at radius 2 is 2.04 bits per heavy atom. The van der Waals surface area contributed by atoms with E-state index in [-0.39, 0.29) is 24.5 Å². The van der Waals surface area contributed by atoms with E-state index in [4.69, 9.17) is 5.11 Å². The standard InChI is InChI=1S/C21H32O4/c22-19(15-6-2-3-7-15)10-9-17-18-12-14(5-1-4-8-21(24)25)11-16(18)13-20(17)23/h9-11,15-20,22-23H,1-8,12-13H2,(H,24,25)/b10-9-/t16-,17-,18-,19+,20+/m0/s1. The van der Waals surface area contributed by atoms with E-state index in [0.717, 1.165) is 44.9 Å². The van der Waals surface area contributed by atoms with Crippen LogP contribution >= 0.6 is 0 Å². The maximum absolute atomic E-state index is 10.6. The van der Waals surface area contributed by atoms with E-state index in [1.54, 1.807) is 0 Å². The fraction of sp³-hybridized carbons (Fsp3) is 0.762. The number of carbonyl (C=O) groups is 1. The van der Waals surface area contributed by atoms with Crippen molar-refractivity contribution >= 4 is 5.97 Å². The van der Waals surface area contributed by atoms with Gasteiger partial charge < -0.3 is 15.3 Å². The first kappa shape index (κ1) is 18.7. The van der Waals surface area contributed by atoms with Gasteiger partial charge in [0, 0.05) is 12.3 Å². The predicted octanol–water partition coefficient (Wildman–Crippen LogP) is 3.68. The number of aliphatic hydroxyl groups excluding tert-OH is 2. The summed E-state index contributed by atoms with van der Waals surface area (Å²) >= 11 is 0. The largest absolute Gasteiger partial charge is 0.481 e. The van der Waals surface area contributed by atoms with E-state index in [1.807, 2.05) is 6.08 Å². The fourth-order valence-electron chi connectivity index (χ4n) is 5.12. The van der Waals surface area contributed by atoms with Gasteiger partial charge in [-0.05, 0) is 62.7 Å². The van der Waals surface area contributed by atoms with E-state index in [2.05, 4.69) is 12.2 Å². The molecule has 5 atom stereocenters. The van der Waals surface area contributed by atoms with Gasteiger partial charge in [0.1, 0.15) is 0 Å². The Morgan fingerprint density at radius 3 is 2.76 bits per heavy atom. The van der Waals surface area contributed by atoms with Crippen LogP contribution in [0.15, 0.2) is 23.8 Å². The van der Waals surface area contributed by atoms with Crippen LogP contribution < -0.4 is 0 Å². The first-order valence-electron chi connectivity index (χ1n) is 10.0. The number of aliphatic hydroxyl groups is 2. The second-order valence-electron chi connectivity index (χ2n) is 8.26. The van der Waals surface area contributed by atoms with Gasteiger partial charge >= 0.3 is 5.97 Å². The highest BCUT2D eigenvalue weighted by Gasteiger charge is 2.43. The van der Waals surface area contributed by atoms with Crippen LogP contribution in [0.25, 0.3) is 0 Å². The summed E-state index contributed by atoms with van der Waals surface area (Å²) in [6, 6.07) is 0. The van der Waals surface area contributed by atoms with E-state index in [1.165, 1.54) is 18.4 Å². The van der Waals surface area contributed by atoms with Crippen molar-refractivity contribution in [1.29, 1.82) is 0 Å². The van der Waals surface area contributed by atoms with Gasteiger partial charge in [-0.25, -0.2) is 0 Å². The lowest BCUT2D eigenvalue weighted by Gasteiger charge is -2.20. The summed E-state index contributed by atoms with van der Waals surface area (Å²) in [7, 11) is 0. The van der Waals surface area contributed by atoms with Gasteiger partial charge in [-0.15, -0.1) is 0 Å². The van der Waals surface area contributed by atoms with Gasteiger partial charge in [0.05, 0.1) is 12.2 Å². The minimum atomic E-state index is -0.716. The lowest BCUT2D eigenvalue weighted by molar-refractivity contribution is -0.137. The Kier molecular flexibility index (Phi) is 6.34. The molecule has 0 heterocycles. The van der Waals surface area contributed by atoms with E-state index >= 15 is 0 Å². The molecule has 0 saturated heterocycles. The van der Waals surface area contributed by atoms with Crippen molar-refractivity contribution < 1.29 is 20.1 Å². The highest BCUT2D eigenvalue weighted by Crippen LogP contribution is 2.48. The molecule has 2 saturated carbocycles. The molecule has 3 aliphatic carbocycles. The van der Waals surface area contributed by atoms with Gasteiger partial charge in [0.2, 0.25) is 0 Å². The summed E-state index contributed by atoms with van der Waals surface area (Å²) in [5, 5.41) is 29.5. The maximum Gasteiger partial charge on any atom is 0.303 e. The molecule has 0 bridgehead atoms. The van der Waals surface area contributed by atoms with E-state index in [9.17, 15) is 15.0 Å². The Hall–Kier alpha value is -1.13. The number of fused-ring (bicyclic) bond motifs is 1. The van der Waals surface area contributed by atoms with Gasteiger partial charge in [0.25, 0.3) is 0 Å². The summed E-state index contributed by atoms with van der Waals surface area (Å²) in [6.07, 6.45) is 15.1. The number of unbranched alkanes of at least 4 members (excludes halogenated alkanes) is 1. The molecule has 140 valence electrons. The Labute approximate surface area is 150 Å². The summed E-state index contributed by atoms with van der Waals surface area (Å²) in [5.41, 5.74) is 1.43. The molecule has 3 N–H and O–H groups in total. The van der Waals surface area contributed by atoms with Crippen molar-refractivity contribution in [2.24, 2.45) is 23.7 Å². The van der Waals surface area contributed by atoms with Crippen molar-refractivity contribution in [2.45, 2.75) is 76.4 Å². The van der Waals surface area contributed by atoms with Crippen LogP contribution in [0.3, 0.4) is 0 Å². The highest BCUT2D eigenvalue weighted by atomic mass is 16.4. The zero-order valence-electron chi connectivity index (χ0n) is 15.0. The second-order valence-corrected chi connectivity index (χ2v) is 8.26. The van der Waals surface area contributed by atoms with Gasteiger partial charge in [-0.1, -0.05) is 36.6 Å². The first-order valence-corrected chi connectivity index (χ1v) is 10.0. The Balaban J connectivity index is 1.49. The molecule has 0 aromatic carbocycles. The molecule has 0 spiro atoms. The average Bonchev–Trinajstić information content (AvgIpc) is 3.26. The smallest absolute Gasteiger partial charge is 0.303 e. The predicted molar refractivity (Wildman–Crippen MR) is 97.0 cm³/mol. The lowest BCUT2D eigenvalue weighted by Crippen LogP contribution is -2.19. The molecular formula is C21H32O4. The summed E-state index contributed by atoms with van der Waals surface area (Å²) in [6.45, 7) is 0. The monoisotopic (exact) mass is 348 g/mol. The quantitative estimate of drug-likeness (QED) is 0.462. The third kappa shape index (κ3) is 4.73. The lowest BCUT2D eigenvalue weighted by atomic mass is 9.88. The van der Waals surface area contributed by atoms with E-state index in [0.29, 0.717) is 17.8 Å². The molecule has 0 aromatic rings. The summed E-state index contributed by atoms with van der Waals surface area (Å²) < 4.78 is 0. The molecule has 3 rings (SSSR count). The zero-order chi connectivity index (χ0) is 17.8. The molecule has 0 unspecified atom stereocenters. The van der Waals surface area contributed by atoms with E-state index < -0.39 is 5.97 Å². The third-order valence-corrected chi connectivity index (χ3v) is 6.50. The van der Waals surface area contributed by atoms with Crippen molar-refractivity contribution in [2.75, 3.05) is 0 Å². The van der Waals surface area contributed by atoms with Crippen LogP contribution in [0, 0.1) is 23.7 Å². The SMILES string of the molecule is O=C(O)CCCCC1=C[C@H]2C[C@@H](O)[C@@H](/C=C\[C@@H](O)C3CCCC3)[C@H]2C1. The third-order valence-electron chi connectivity index (χ3n) is 6.50. The van der Waals surface area contributed by atoms with Crippen LogP contribution in [-0.2, 0) is 4.79 Å². The zero-order valence-corrected chi connectivity index (χ0v) is 15.0. The Bertz CT molecular complexity index is 518. The summed E-state index contributed by atoms with van der Waals surface area (Å²) in [4.78, 5) is 10.6. The molecule has 0 aromatic heterocycles. The minimum absolute atomic E-state index is 0.147. The molecule has 4 heteroatoms. The van der Waals surface area contributed by atoms with Crippen LogP contribution in [-0.4, -0.2) is 33.5 Å². The number of carboxylic acids is 1. The maximum atomic E-state index is 10.6. The van der Waals surface area contributed by atoms with Crippen LogP contribution in [0.4, 0.5) is 0 Å². The van der Waals surface area contributed by atoms with Crippen LogP contribution in [0.1, 0.15) is 64.2 Å². The van der Waals surface area contributed by atoms with Crippen molar-refractivity contribution in [1.82, 2.24) is 0 Å². The normalized spacial score (nSPS) is 33.8. The second kappa shape index (κ2) is 8.50. The topological polar surface area (TPSA) is 77.8 Å². The van der Waals surface area contributed by atoms with Crippen LogP contribution in [0.2, 0.25) is 0 Å². The molecule has 2 fully saturated rings. The van der Waals surface area contributed by atoms with Gasteiger partial charge in [-0.2, -0.15) is 0 Å². The fourth-order valence-corrected chi connectivity index (χ4v) is 5.12. The summed E-state index contributed by atoms with van der Waals surface area (Å²) in [5.74, 6) is 0.733. The number of hydrogen-bond donors (Lipinski definition) is 3. The van der Waals surface area contributed by atoms with Crippen LogP contribution in [0.5, 0.6) is 0 Å². The van der Waals surface area contributed by atoms with Gasteiger partial charge in [-0.3, -0.25) is 4.79 Å². The molecule has 0 amide bonds. The van der Waals surface area contributed by atoms with Crippen molar-refractivity contribution in [3.8, 4) is 0 Å². The molecule has 4 nitrogen and oxygen atoms in total. The molecular weight excluding hydrogens is 316 g/mol. The molecule has 25 heavy (non-hydrogen) atoms. The first-order chi connectivity index (χ1) is 12.0. The number of rotatable bonds is 8. The number of carboxylic acid groups (broad SMARTS) is 1. The highest BCUT2D eigenvalue weighted by molar-refractivity contribution is 5.66.